The molecule has 0 fully saturated rings. The van der Waals surface area contributed by atoms with Crippen LogP contribution >= 0.6 is 69.6 Å². The van der Waals surface area contributed by atoms with Crippen LogP contribution in [0.25, 0.3) is 0 Å². The number of halogens is 6. The number of ether oxygens (including phenoxy) is 2. The van der Waals surface area contributed by atoms with Crippen molar-refractivity contribution < 1.29 is 14.3 Å². The van der Waals surface area contributed by atoms with E-state index in [1.54, 1.807) is 18.3 Å². The molecule has 2 aromatic rings. The molecular formula is C21H17Cl6NO3. The molecule has 0 spiro atoms. The lowest BCUT2D eigenvalue weighted by molar-refractivity contribution is 0.176. The molecule has 0 saturated heterocycles. The first-order chi connectivity index (χ1) is 14.8. The van der Waals surface area contributed by atoms with Gasteiger partial charge in [0.05, 0.1) is 22.9 Å². The monoisotopic (exact) mass is 541 g/mol. The lowest BCUT2D eigenvalue weighted by Crippen LogP contribution is -2.03. The highest BCUT2D eigenvalue weighted by Gasteiger charge is 2.11. The summed E-state index contributed by atoms with van der Waals surface area (Å²) in [5.74, 6) is 0.879. The molecule has 0 aliphatic rings. The summed E-state index contributed by atoms with van der Waals surface area (Å²) in [4.78, 5) is 5.01. The Morgan fingerprint density at radius 2 is 1.45 bits per heavy atom. The maximum atomic E-state index is 6.27. The molecule has 10 heteroatoms. The Labute approximate surface area is 210 Å². The molecule has 0 aromatic heterocycles. The van der Waals surface area contributed by atoms with Gasteiger partial charge in [-0.05, 0) is 23.3 Å². The third-order valence-electron chi connectivity index (χ3n) is 3.66. The van der Waals surface area contributed by atoms with Gasteiger partial charge >= 0.3 is 0 Å². The molecule has 4 nitrogen and oxygen atoms in total. The van der Waals surface area contributed by atoms with E-state index in [4.69, 9.17) is 83.9 Å². The first kappa shape index (κ1) is 26.0. The van der Waals surface area contributed by atoms with Crippen LogP contribution in [0, 0.1) is 0 Å². The molecule has 0 atom stereocenters. The number of oxime groups is 1. The van der Waals surface area contributed by atoms with Crippen molar-refractivity contribution in [3.05, 3.63) is 78.7 Å². The Hall–Kier alpha value is -1.27. The van der Waals surface area contributed by atoms with Gasteiger partial charge in [-0.1, -0.05) is 99.0 Å². The van der Waals surface area contributed by atoms with Gasteiger partial charge in [-0.25, -0.2) is 0 Å². The number of hydrogen-bond donors (Lipinski definition) is 0. The van der Waals surface area contributed by atoms with Crippen molar-refractivity contribution in [2.24, 2.45) is 5.16 Å². The predicted molar refractivity (Wildman–Crippen MR) is 131 cm³/mol. The van der Waals surface area contributed by atoms with E-state index in [0.29, 0.717) is 34.6 Å². The van der Waals surface area contributed by atoms with Gasteiger partial charge in [0.25, 0.3) is 0 Å². The van der Waals surface area contributed by atoms with Gasteiger partial charge in [0.15, 0.2) is 5.75 Å². The van der Waals surface area contributed by atoms with Crippen molar-refractivity contribution in [1.82, 2.24) is 0 Å². The minimum atomic E-state index is 0.121. The van der Waals surface area contributed by atoms with Crippen LogP contribution in [0.5, 0.6) is 11.5 Å². The first-order valence-corrected chi connectivity index (χ1v) is 11.1. The molecule has 0 radical (unpaired) electrons. The van der Waals surface area contributed by atoms with Crippen LogP contribution in [-0.4, -0.2) is 26.0 Å². The summed E-state index contributed by atoms with van der Waals surface area (Å²) in [6, 6.07) is 11.0. The molecule has 0 saturated carbocycles. The number of nitrogens with zero attached hydrogens (tertiary/aromatic N) is 1. The number of benzene rings is 2. The summed E-state index contributed by atoms with van der Waals surface area (Å²) < 4.78 is 11.5. The fourth-order valence-corrected chi connectivity index (χ4v) is 3.07. The van der Waals surface area contributed by atoms with E-state index in [0.717, 1.165) is 11.1 Å². The molecule has 0 heterocycles. The van der Waals surface area contributed by atoms with Gasteiger partial charge in [-0.15, -0.1) is 0 Å². The van der Waals surface area contributed by atoms with Crippen molar-refractivity contribution in [3.63, 3.8) is 0 Å². The second-order valence-electron chi connectivity index (χ2n) is 5.88. The van der Waals surface area contributed by atoms with Crippen molar-refractivity contribution in [2.75, 3.05) is 19.8 Å². The lowest BCUT2D eigenvalue weighted by Gasteiger charge is -2.12. The van der Waals surface area contributed by atoms with Gasteiger partial charge < -0.3 is 14.3 Å². The largest absolute Gasteiger partial charge is 0.490 e. The second-order valence-corrected chi connectivity index (χ2v) is 8.72. The third kappa shape index (κ3) is 10.3. The molecule has 166 valence electrons. The molecular weight excluding hydrogens is 527 g/mol. The fraction of sp³-hybridized carbons (Fsp3) is 0.190. The summed E-state index contributed by atoms with van der Waals surface area (Å²) >= 11 is 34.6. The minimum Gasteiger partial charge on any atom is -0.490 e. The molecule has 0 aliphatic carbocycles. The van der Waals surface area contributed by atoms with Crippen LogP contribution in [0.3, 0.4) is 0 Å². The third-order valence-corrected chi connectivity index (χ3v) is 4.84. The maximum absolute atomic E-state index is 6.27. The smallest absolute Gasteiger partial charge is 0.156 e. The van der Waals surface area contributed by atoms with Crippen LogP contribution in [-0.2, 0) is 11.3 Å². The average molecular weight is 544 g/mol. The molecule has 2 rings (SSSR count). The highest BCUT2D eigenvalue weighted by Crippen LogP contribution is 2.37. The summed E-state index contributed by atoms with van der Waals surface area (Å²) in [7, 11) is 0. The summed E-state index contributed by atoms with van der Waals surface area (Å²) in [5, 5.41) is 4.53. The van der Waals surface area contributed by atoms with E-state index in [-0.39, 0.29) is 22.2 Å². The normalized spacial score (nSPS) is 10.6. The molecule has 0 bridgehead atoms. The Balaban J connectivity index is 1.84. The Kier molecular flexibility index (Phi) is 11.7. The van der Waals surface area contributed by atoms with Crippen molar-refractivity contribution in [3.8, 4) is 11.5 Å². The fourth-order valence-electron chi connectivity index (χ4n) is 2.24. The zero-order valence-corrected chi connectivity index (χ0v) is 20.5. The average Bonchev–Trinajstić information content (AvgIpc) is 2.70. The van der Waals surface area contributed by atoms with E-state index in [9.17, 15) is 0 Å². The predicted octanol–water partition coefficient (Wildman–Crippen LogP) is 7.98. The van der Waals surface area contributed by atoms with Crippen LogP contribution < -0.4 is 9.47 Å². The zero-order valence-electron chi connectivity index (χ0n) is 16.0. The van der Waals surface area contributed by atoms with Crippen LogP contribution in [0.4, 0.5) is 0 Å². The van der Waals surface area contributed by atoms with E-state index in [1.807, 2.05) is 24.3 Å². The van der Waals surface area contributed by atoms with Gasteiger partial charge in [0, 0.05) is 18.6 Å². The zero-order chi connectivity index (χ0) is 22.6. The van der Waals surface area contributed by atoms with E-state index >= 15 is 0 Å². The second kappa shape index (κ2) is 14.0. The Morgan fingerprint density at radius 3 is 2.06 bits per heavy atom. The summed E-state index contributed by atoms with van der Waals surface area (Å²) in [6.07, 6.45) is 5.26. The molecule has 2 aromatic carbocycles. The number of hydrogen-bond acceptors (Lipinski definition) is 4. The first-order valence-electron chi connectivity index (χ1n) is 8.86. The van der Waals surface area contributed by atoms with E-state index in [1.165, 1.54) is 12.2 Å². The minimum absolute atomic E-state index is 0.121. The molecule has 31 heavy (non-hydrogen) atoms. The van der Waals surface area contributed by atoms with E-state index in [2.05, 4.69) is 5.16 Å². The van der Waals surface area contributed by atoms with Gasteiger partial charge in [-0.3, -0.25) is 0 Å². The summed E-state index contributed by atoms with van der Waals surface area (Å²) in [5.41, 5.74) is 1.96. The standard InChI is InChI=1S/C21H17Cl6NO3/c22-17-11-16(29-9-6-19(24)25)12-18(23)21(17)30-8-5-14-1-3-15(4-2-14)13-28-31-10-7-20(26)27/h1-4,6-7,11-13H,5,8-10H2/b28-13+. The Morgan fingerprint density at radius 1 is 0.839 bits per heavy atom. The van der Waals surface area contributed by atoms with Crippen LogP contribution in [0.2, 0.25) is 10.0 Å². The Bertz CT molecular complexity index is 914. The molecule has 0 N–H and O–H groups in total. The van der Waals surface area contributed by atoms with Crippen LogP contribution in [0.15, 0.2) is 62.7 Å². The van der Waals surface area contributed by atoms with Crippen molar-refractivity contribution in [1.29, 1.82) is 0 Å². The maximum Gasteiger partial charge on any atom is 0.156 e. The summed E-state index contributed by atoms with van der Waals surface area (Å²) in [6.45, 7) is 0.790. The van der Waals surface area contributed by atoms with Gasteiger partial charge in [-0.2, -0.15) is 0 Å². The lowest BCUT2D eigenvalue weighted by atomic mass is 10.1. The topological polar surface area (TPSA) is 40.0 Å². The van der Waals surface area contributed by atoms with Gasteiger partial charge in [0.2, 0.25) is 0 Å². The van der Waals surface area contributed by atoms with E-state index < -0.39 is 0 Å². The van der Waals surface area contributed by atoms with Crippen molar-refractivity contribution >= 4 is 75.8 Å². The van der Waals surface area contributed by atoms with Gasteiger partial charge in [0.1, 0.15) is 27.9 Å². The molecule has 0 aliphatic heterocycles. The quantitative estimate of drug-likeness (QED) is 0.164. The molecule has 0 amide bonds. The SMILES string of the molecule is ClC(Cl)=CCO/N=C/c1ccc(CCOc2c(Cl)cc(OCC=C(Cl)Cl)cc2Cl)cc1. The van der Waals surface area contributed by atoms with Crippen molar-refractivity contribution in [2.45, 2.75) is 6.42 Å². The molecule has 0 unspecified atom stereocenters. The number of rotatable bonds is 11. The highest BCUT2D eigenvalue weighted by molar-refractivity contribution is 6.56. The van der Waals surface area contributed by atoms with Crippen LogP contribution in [0.1, 0.15) is 11.1 Å². The highest BCUT2D eigenvalue weighted by atomic mass is 35.5.